The predicted octanol–water partition coefficient (Wildman–Crippen LogP) is 1.87. The van der Waals surface area contributed by atoms with E-state index in [1.165, 1.54) is 10.4 Å². The monoisotopic (exact) mass is 493 g/mol. The molecule has 0 radical (unpaired) electrons. The van der Waals surface area contributed by atoms with E-state index < -0.39 is 22.2 Å². The number of sulfonamides is 1. The van der Waals surface area contributed by atoms with Crippen LogP contribution in [-0.2, 0) is 14.8 Å². The van der Waals surface area contributed by atoms with Crippen molar-refractivity contribution in [3.63, 3.8) is 0 Å². The van der Waals surface area contributed by atoms with Crippen molar-refractivity contribution < 1.29 is 23.1 Å². The number of benzene rings is 1. The summed E-state index contributed by atoms with van der Waals surface area (Å²) in [6, 6.07) is 4.27. The highest BCUT2D eigenvalue weighted by Crippen LogP contribution is 2.34. The molecular weight excluding hydrogens is 454 g/mol. The molecule has 9 heteroatoms. The molecule has 1 heterocycles. The van der Waals surface area contributed by atoms with Gasteiger partial charge in [0.15, 0.2) is 0 Å². The lowest BCUT2D eigenvalue weighted by molar-refractivity contribution is -0.132. The molecule has 0 fully saturated rings. The predicted molar refractivity (Wildman–Crippen MR) is 133 cm³/mol. The van der Waals surface area contributed by atoms with Crippen LogP contribution < -0.4 is 4.74 Å². The second-order valence-electron chi connectivity index (χ2n) is 9.81. The third-order valence-electron chi connectivity index (χ3n) is 5.74. The largest absolute Gasteiger partial charge is 0.487 e. The van der Waals surface area contributed by atoms with Gasteiger partial charge in [-0.1, -0.05) is 32.6 Å². The highest BCUT2D eigenvalue weighted by Gasteiger charge is 2.38. The van der Waals surface area contributed by atoms with Crippen molar-refractivity contribution in [1.29, 1.82) is 0 Å². The molecule has 190 valence electrons. The molecule has 0 saturated heterocycles. The van der Waals surface area contributed by atoms with Gasteiger partial charge in [0.25, 0.3) is 0 Å². The van der Waals surface area contributed by atoms with Crippen LogP contribution in [0.15, 0.2) is 23.1 Å². The highest BCUT2D eigenvalue weighted by atomic mass is 32.2. The summed E-state index contributed by atoms with van der Waals surface area (Å²) < 4.78 is 34.7. The number of carbonyl (C=O) groups excluding carboxylic acids is 1. The van der Waals surface area contributed by atoms with Crippen LogP contribution in [0.2, 0.25) is 0 Å². The molecule has 8 nitrogen and oxygen atoms in total. The molecule has 1 aliphatic heterocycles. The van der Waals surface area contributed by atoms with E-state index in [-0.39, 0.29) is 42.2 Å². The molecular formula is C25H39N3O5S. The zero-order valence-electron chi connectivity index (χ0n) is 21.4. The maximum atomic E-state index is 13.5. The Hall–Kier alpha value is -2.12. The molecule has 1 aromatic rings. The van der Waals surface area contributed by atoms with Crippen molar-refractivity contribution in [3.8, 4) is 17.6 Å². The van der Waals surface area contributed by atoms with Crippen molar-refractivity contribution in [3.05, 3.63) is 23.8 Å². The Kier molecular flexibility index (Phi) is 9.95. The molecule has 1 aromatic carbocycles. The van der Waals surface area contributed by atoms with E-state index in [4.69, 9.17) is 4.74 Å². The average molecular weight is 494 g/mol. The molecule has 0 bridgehead atoms. The first-order chi connectivity index (χ1) is 15.9. The Morgan fingerprint density at radius 1 is 1.26 bits per heavy atom. The molecule has 2 rings (SSSR count). The number of hydrogen-bond donors (Lipinski definition) is 1. The first-order valence-corrected chi connectivity index (χ1v) is 13.1. The maximum Gasteiger partial charge on any atom is 0.247 e. The molecule has 1 N–H and O–H groups in total. The first-order valence-electron chi connectivity index (χ1n) is 11.7. The summed E-state index contributed by atoms with van der Waals surface area (Å²) in [4.78, 5) is 16.0. The lowest BCUT2D eigenvalue weighted by atomic mass is 10.0. The number of likely N-dealkylation sites (N-methyl/N-ethyl adjacent to an activating group) is 2. The third kappa shape index (κ3) is 7.19. The second kappa shape index (κ2) is 12.0. The van der Waals surface area contributed by atoms with Gasteiger partial charge in [0.1, 0.15) is 16.7 Å². The normalized spacial score (nSPS) is 21.0. The molecule has 0 saturated carbocycles. The van der Waals surface area contributed by atoms with Crippen molar-refractivity contribution in [2.75, 3.05) is 47.4 Å². The smallest absolute Gasteiger partial charge is 0.247 e. The van der Waals surface area contributed by atoms with Gasteiger partial charge < -0.3 is 19.6 Å². The van der Waals surface area contributed by atoms with Gasteiger partial charge in [0.2, 0.25) is 15.9 Å². The quantitative estimate of drug-likeness (QED) is 0.584. The van der Waals surface area contributed by atoms with Crippen molar-refractivity contribution >= 4 is 15.9 Å². The summed E-state index contributed by atoms with van der Waals surface area (Å²) in [6.07, 6.45) is 0.286. The van der Waals surface area contributed by atoms with Gasteiger partial charge in [-0.25, -0.2) is 8.42 Å². The van der Waals surface area contributed by atoms with Crippen LogP contribution >= 0.6 is 0 Å². The number of hydrogen-bond acceptors (Lipinski definition) is 6. The number of aliphatic hydroxyl groups is 1. The van der Waals surface area contributed by atoms with E-state index in [1.807, 2.05) is 21.0 Å². The summed E-state index contributed by atoms with van der Waals surface area (Å²) in [5.41, 5.74) is 0.667. The Labute approximate surface area is 204 Å². The van der Waals surface area contributed by atoms with Gasteiger partial charge in [-0.2, -0.15) is 4.31 Å². The minimum absolute atomic E-state index is 0.0429. The summed E-state index contributed by atoms with van der Waals surface area (Å²) >= 11 is 0. The third-order valence-corrected chi connectivity index (χ3v) is 7.76. The number of aliphatic hydroxyl groups excluding tert-OH is 1. The lowest BCUT2D eigenvalue weighted by Gasteiger charge is -2.37. The minimum atomic E-state index is -3.91. The number of ether oxygens (including phenoxy) is 1. The van der Waals surface area contributed by atoms with Crippen molar-refractivity contribution in [1.82, 2.24) is 14.1 Å². The van der Waals surface area contributed by atoms with Gasteiger partial charge in [-0.05, 0) is 45.1 Å². The van der Waals surface area contributed by atoms with Crippen LogP contribution in [0, 0.1) is 23.7 Å². The number of amides is 1. The Morgan fingerprint density at radius 2 is 1.94 bits per heavy atom. The van der Waals surface area contributed by atoms with Crippen LogP contribution in [0.4, 0.5) is 0 Å². The fourth-order valence-electron chi connectivity index (χ4n) is 3.64. The molecule has 0 spiro atoms. The summed E-state index contributed by atoms with van der Waals surface area (Å²) in [6.45, 7) is 8.19. The van der Waals surface area contributed by atoms with Crippen LogP contribution in [0.5, 0.6) is 5.75 Å². The molecule has 34 heavy (non-hydrogen) atoms. The molecule has 1 amide bonds. The molecule has 0 aliphatic carbocycles. The topological polar surface area (TPSA) is 90.4 Å². The van der Waals surface area contributed by atoms with Crippen LogP contribution in [-0.4, -0.2) is 93.1 Å². The fraction of sp³-hybridized carbons (Fsp3) is 0.640. The van der Waals surface area contributed by atoms with Crippen molar-refractivity contribution in [2.24, 2.45) is 11.8 Å². The van der Waals surface area contributed by atoms with Gasteiger partial charge in [0, 0.05) is 37.5 Å². The Bertz CT molecular complexity index is 1010. The highest BCUT2D eigenvalue weighted by molar-refractivity contribution is 7.89. The lowest BCUT2D eigenvalue weighted by Crippen LogP contribution is -2.50. The zero-order chi connectivity index (χ0) is 25.6. The number of carbonyl (C=O) groups is 1. The second-order valence-corrected chi connectivity index (χ2v) is 11.7. The average Bonchev–Trinajstić information content (AvgIpc) is 2.74. The SMILES string of the molecule is CC(C)CC#Cc1ccc2c(c1)O[C@H](CN(C)C(=O)CN(C)C)[C@H](C)CN([C@@H](C)CO)S2(=O)=O. The van der Waals surface area contributed by atoms with E-state index in [0.29, 0.717) is 18.0 Å². The molecule has 3 atom stereocenters. The van der Waals surface area contributed by atoms with Gasteiger partial charge in [-0.3, -0.25) is 4.79 Å². The van der Waals surface area contributed by atoms with Gasteiger partial charge in [0.05, 0.1) is 19.7 Å². The van der Waals surface area contributed by atoms with Gasteiger partial charge in [-0.15, -0.1) is 0 Å². The van der Waals surface area contributed by atoms with Gasteiger partial charge >= 0.3 is 0 Å². The van der Waals surface area contributed by atoms with Crippen LogP contribution in [0.25, 0.3) is 0 Å². The molecule has 0 unspecified atom stereocenters. The Balaban J connectivity index is 2.50. The minimum Gasteiger partial charge on any atom is -0.487 e. The number of fused-ring (bicyclic) bond motifs is 1. The fourth-order valence-corrected chi connectivity index (χ4v) is 5.47. The van der Waals surface area contributed by atoms with E-state index >= 15 is 0 Å². The van der Waals surface area contributed by atoms with E-state index in [1.54, 1.807) is 35.9 Å². The van der Waals surface area contributed by atoms with Crippen LogP contribution in [0.1, 0.15) is 39.7 Å². The summed E-state index contributed by atoms with van der Waals surface area (Å²) in [5.74, 6) is 6.58. The van der Waals surface area contributed by atoms with Crippen LogP contribution in [0.3, 0.4) is 0 Å². The van der Waals surface area contributed by atoms with E-state index in [9.17, 15) is 18.3 Å². The zero-order valence-corrected chi connectivity index (χ0v) is 22.2. The maximum absolute atomic E-state index is 13.5. The Morgan fingerprint density at radius 3 is 2.53 bits per heavy atom. The van der Waals surface area contributed by atoms with Crippen molar-refractivity contribution in [2.45, 2.75) is 51.2 Å². The number of rotatable bonds is 7. The summed E-state index contributed by atoms with van der Waals surface area (Å²) in [7, 11) is 1.48. The molecule has 0 aromatic heterocycles. The number of nitrogens with zero attached hydrogens (tertiary/aromatic N) is 3. The first kappa shape index (κ1) is 28.1. The van der Waals surface area contributed by atoms with E-state index in [0.717, 1.165) is 6.42 Å². The standard InChI is InChI=1S/C25H39N3O5S/c1-18(2)9-8-10-21-11-12-24-22(13-21)33-23(15-27(7)25(30)16-26(5)6)19(3)14-28(20(4)17-29)34(24,31)32/h11-13,18-20,23,29H,9,14-17H2,1-7H3/t19-,20+,23-/m1/s1. The summed E-state index contributed by atoms with van der Waals surface area (Å²) in [5, 5.41) is 9.76. The molecule has 1 aliphatic rings. The van der Waals surface area contributed by atoms with E-state index in [2.05, 4.69) is 25.7 Å².